The number of carbonyl (C=O) groups is 2. The monoisotopic (exact) mass is 395 g/mol. The summed E-state index contributed by atoms with van der Waals surface area (Å²) in [6.07, 6.45) is 0.565. The van der Waals surface area contributed by atoms with Crippen LogP contribution in [0.3, 0.4) is 0 Å². The number of amides is 2. The second-order valence-corrected chi connectivity index (χ2v) is 7.05. The molecule has 2 amide bonds. The van der Waals surface area contributed by atoms with Crippen molar-refractivity contribution < 1.29 is 9.59 Å². The van der Waals surface area contributed by atoms with Crippen molar-refractivity contribution in [3.05, 3.63) is 64.3 Å². The molecule has 0 fully saturated rings. The Balaban J connectivity index is 1.82. The van der Waals surface area contributed by atoms with Crippen molar-refractivity contribution in [2.45, 2.75) is 33.6 Å². The molecule has 0 atom stereocenters. The highest BCUT2D eigenvalue weighted by atomic mass is 35.5. The molecule has 1 aromatic heterocycles. The van der Waals surface area contributed by atoms with E-state index in [9.17, 15) is 9.59 Å². The van der Waals surface area contributed by atoms with Gasteiger partial charge in [-0.3, -0.25) is 14.6 Å². The molecule has 0 aliphatic rings. The van der Waals surface area contributed by atoms with Gasteiger partial charge in [-0.05, 0) is 49.2 Å². The maximum absolute atomic E-state index is 12.7. The number of halogens is 1. The Bertz CT molecular complexity index is 1060. The van der Waals surface area contributed by atoms with Gasteiger partial charge in [0.2, 0.25) is 11.8 Å². The Morgan fingerprint density at radius 3 is 2.54 bits per heavy atom. The minimum Gasteiger partial charge on any atom is -0.326 e. The van der Waals surface area contributed by atoms with E-state index in [2.05, 4.69) is 15.6 Å². The Kier molecular flexibility index (Phi) is 5.95. The van der Waals surface area contributed by atoms with Gasteiger partial charge in [0.05, 0.1) is 22.6 Å². The maximum atomic E-state index is 12.7. The topological polar surface area (TPSA) is 71.1 Å². The fourth-order valence-corrected chi connectivity index (χ4v) is 3.30. The van der Waals surface area contributed by atoms with E-state index in [1.54, 1.807) is 25.1 Å². The average Bonchev–Trinajstić information content (AvgIpc) is 2.67. The zero-order valence-corrected chi connectivity index (χ0v) is 16.9. The summed E-state index contributed by atoms with van der Waals surface area (Å²) in [7, 11) is 0. The van der Waals surface area contributed by atoms with Crippen molar-refractivity contribution in [3.63, 3.8) is 0 Å². The molecular formula is C22H22ClN3O2. The van der Waals surface area contributed by atoms with Gasteiger partial charge in [-0.1, -0.05) is 36.7 Å². The average molecular weight is 396 g/mol. The predicted molar refractivity (Wildman–Crippen MR) is 114 cm³/mol. The van der Waals surface area contributed by atoms with Gasteiger partial charge in [-0.2, -0.15) is 0 Å². The molecule has 0 radical (unpaired) electrons. The lowest BCUT2D eigenvalue weighted by Crippen LogP contribution is -2.17. The number of benzene rings is 2. The number of para-hydroxylation sites is 1. The highest BCUT2D eigenvalue weighted by Crippen LogP contribution is 2.27. The minimum absolute atomic E-state index is 0.104. The third-order valence-electron chi connectivity index (χ3n) is 4.67. The molecule has 0 aliphatic carbocycles. The fraction of sp³-hybridized carbons (Fsp3) is 0.227. The number of aryl methyl sites for hydroxylation is 2. The Labute approximate surface area is 169 Å². The van der Waals surface area contributed by atoms with Crippen molar-refractivity contribution in [1.82, 2.24) is 4.98 Å². The fourth-order valence-electron chi connectivity index (χ4n) is 3.13. The first-order valence-corrected chi connectivity index (χ1v) is 9.51. The number of nitrogens with one attached hydrogen (secondary N) is 2. The molecule has 5 nitrogen and oxygen atoms in total. The molecule has 2 aromatic carbocycles. The molecule has 0 saturated carbocycles. The van der Waals surface area contributed by atoms with Gasteiger partial charge in [-0.25, -0.2) is 0 Å². The van der Waals surface area contributed by atoms with Crippen LogP contribution in [0.15, 0.2) is 42.5 Å². The van der Waals surface area contributed by atoms with Crippen LogP contribution in [0.5, 0.6) is 0 Å². The lowest BCUT2D eigenvalue weighted by Gasteiger charge is -2.14. The molecule has 0 bridgehead atoms. The van der Waals surface area contributed by atoms with E-state index in [1.165, 1.54) is 0 Å². The van der Waals surface area contributed by atoms with Crippen LogP contribution in [-0.4, -0.2) is 16.8 Å². The smallest absolute Gasteiger partial charge is 0.228 e. The van der Waals surface area contributed by atoms with Crippen molar-refractivity contribution in [3.8, 4) is 0 Å². The summed E-state index contributed by atoms with van der Waals surface area (Å²) in [5, 5.41) is 7.05. The highest BCUT2D eigenvalue weighted by molar-refractivity contribution is 6.33. The largest absolute Gasteiger partial charge is 0.326 e. The van der Waals surface area contributed by atoms with E-state index in [0.717, 1.165) is 27.7 Å². The summed E-state index contributed by atoms with van der Waals surface area (Å²) in [5.74, 6) is -0.294. The highest BCUT2D eigenvalue weighted by Gasteiger charge is 2.14. The molecule has 2 N–H and O–H groups in total. The molecule has 6 heteroatoms. The van der Waals surface area contributed by atoms with Crippen LogP contribution in [0.1, 0.15) is 30.2 Å². The van der Waals surface area contributed by atoms with Gasteiger partial charge in [0.1, 0.15) is 0 Å². The number of anilines is 2. The molecule has 0 aliphatic heterocycles. The molecule has 3 aromatic rings. The summed E-state index contributed by atoms with van der Waals surface area (Å²) in [6.45, 7) is 5.69. The Morgan fingerprint density at radius 1 is 1.04 bits per heavy atom. The van der Waals surface area contributed by atoms with Crippen molar-refractivity contribution >= 4 is 45.7 Å². The van der Waals surface area contributed by atoms with Crippen LogP contribution < -0.4 is 10.6 Å². The number of fused-ring (bicyclic) bond motifs is 1. The summed E-state index contributed by atoms with van der Waals surface area (Å²) in [5.41, 5.74) is 4.76. The third kappa shape index (κ3) is 4.31. The lowest BCUT2D eigenvalue weighted by molar-refractivity contribution is -0.116. The van der Waals surface area contributed by atoms with E-state index in [-0.39, 0.29) is 18.2 Å². The second kappa shape index (κ2) is 8.40. The zero-order chi connectivity index (χ0) is 20.3. The molecule has 3 rings (SSSR count). The van der Waals surface area contributed by atoms with Gasteiger partial charge >= 0.3 is 0 Å². The minimum atomic E-state index is -0.191. The summed E-state index contributed by atoms with van der Waals surface area (Å²) in [6, 6.07) is 12.9. The second-order valence-electron chi connectivity index (χ2n) is 6.64. The van der Waals surface area contributed by atoms with Crippen LogP contribution >= 0.6 is 11.6 Å². The molecule has 144 valence electrons. The number of rotatable bonds is 5. The van der Waals surface area contributed by atoms with E-state index < -0.39 is 0 Å². The van der Waals surface area contributed by atoms with E-state index in [1.807, 2.05) is 38.1 Å². The van der Waals surface area contributed by atoms with Gasteiger partial charge < -0.3 is 10.6 Å². The number of carbonyl (C=O) groups excluding carboxylic acids is 2. The quantitative estimate of drug-likeness (QED) is 0.636. The van der Waals surface area contributed by atoms with E-state index >= 15 is 0 Å². The van der Waals surface area contributed by atoms with Gasteiger partial charge in [0.25, 0.3) is 0 Å². The first-order valence-electron chi connectivity index (χ1n) is 9.13. The van der Waals surface area contributed by atoms with Crippen LogP contribution in [-0.2, 0) is 16.0 Å². The summed E-state index contributed by atoms with van der Waals surface area (Å²) in [4.78, 5) is 28.9. The van der Waals surface area contributed by atoms with Crippen LogP contribution in [0.2, 0.25) is 5.02 Å². The standard InChI is InChI=1S/C22H22ClN3O2/c1-4-21(27)25-15-9-10-18(23)20(11-15)26-22(28)12-17-13(2)16-7-5-6-8-19(16)24-14(17)3/h5-11H,4,12H2,1-3H3,(H,25,27)(H,26,28). The van der Waals surface area contributed by atoms with E-state index in [4.69, 9.17) is 11.6 Å². The van der Waals surface area contributed by atoms with Gasteiger partial charge in [0, 0.05) is 23.2 Å². The number of aromatic nitrogens is 1. The van der Waals surface area contributed by atoms with Crippen molar-refractivity contribution in [2.24, 2.45) is 0 Å². The van der Waals surface area contributed by atoms with Gasteiger partial charge in [0.15, 0.2) is 0 Å². The maximum Gasteiger partial charge on any atom is 0.228 e. The normalized spacial score (nSPS) is 10.7. The first kappa shape index (κ1) is 19.8. The molecule has 28 heavy (non-hydrogen) atoms. The summed E-state index contributed by atoms with van der Waals surface area (Å²) < 4.78 is 0. The van der Waals surface area contributed by atoms with E-state index in [0.29, 0.717) is 22.8 Å². The number of pyridine rings is 1. The molecular weight excluding hydrogens is 374 g/mol. The third-order valence-corrected chi connectivity index (χ3v) is 5.00. The molecule has 0 unspecified atom stereocenters. The number of hydrogen-bond donors (Lipinski definition) is 2. The van der Waals surface area contributed by atoms with Crippen LogP contribution in [0.4, 0.5) is 11.4 Å². The molecule has 1 heterocycles. The number of hydrogen-bond acceptors (Lipinski definition) is 3. The lowest BCUT2D eigenvalue weighted by atomic mass is 9.99. The van der Waals surface area contributed by atoms with Crippen molar-refractivity contribution in [2.75, 3.05) is 10.6 Å². The van der Waals surface area contributed by atoms with Crippen LogP contribution in [0, 0.1) is 13.8 Å². The van der Waals surface area contributed by atoms with Crippen molar-refractivity contribution in [1.29, 1.82) is 0 Å². The molecule has 0 spiro atoms. The summed E-state index contributed by atoms with van der Waals surface area (Å²) >= 11 is 6.21. The van der Waals surface area contributed by atoms with Crippen LogP contribution in [0.25, 0.3) is 10.9 Å². The number of nitrogens with zero attached hydrogens (tertiary/aromatic N) is 1. The predicted octanol–water partition coefficient (Wildman–Crippen LogP) is 5.03. The Hall–Kier alpha value is -2.92. The molecule has 0 saturated heterocycles. The first-order chi connectivity index (χ1) is 13.4. The zero-order valence-electron chi connectivity index (χ0n) is 16.1. The SMILES string of the molecule is CCC(=O)Nc1ccc(Cl)c(NC(=O)Cc2c(C)nc3ccccc3c2C)c1. The van der Waals surface area contributed by atoms with Gasteiger partial charge in [-0.15, -0.1) is 0 Å². The Morgan fingerprint density at radius 2 is 1.79 bits per heavy atom.